The van der Waals surface area contributed by atoms with E-state index in [-0.39, 0.29) is 24.1 Å². The van der Waals surface area contributed by atoms with Gasteiger partial charge in [-0.2, -0.15) is 11.8 Å². The average molecular weight is 360 g/mol. The van der Waals surface area contributed by atoms with Crippen molar-refractivity contribution in [1.29, 1.82) is 0 Å². The van der Waals surface area contributed by atoms with Crippen LogP contribution in [-0.2, 0) is 9.63 Å². The number of hydrogen-bond donors (Lipinski definition) is 1. The van der Waals surface area contributed by atoms with Gasteiger partial charge in [-0.3, -0.25) is 4.79 Å². The topological polar surface area (TPSA) is 58.9 Å². The molecule has 1 unspecified atom stereocenters. The molecule has 0 saturated heterocycles. The zero-order valence-electron chi connectivity index (χ0n) is 13.9. The average Bonchev–Trinajstić information content (AvgIpc) is 2.53. The first-order chi connectivity index (χ1) is 11.1. The van der Waals surface area contributed by atoms with Crippen LogP contribution in [0.3, 0.4) is 0 Å². The molecule has 0 aromatic heterocycles. The van der Waals surface area contributed by atoms with Crippen molar-refractivity contribution in [2.75, 3.05) is 18.1 Å². The maximum absolute atomic E-state index is 12.4. The quantitative estimate of drug-likeness (QED) is 0.344. The van der Waals surface area contributed by atoms with Gasteiger partial charge in [0.25, 0.3) is 0 Å². The molecule has 0 aromatic carbocycles. The predicted octanol–water partition coefficient (Wildman–Crippen LogP) is 4.85. The highest BCUT2D eigenvalue weighted by atomic mass is 35.5. The molecule has 23 heavy (non-hydrogen) atoms. The molecule has 6 heteroatoms. The van der Waals surface area contributed by atoms with Gasteiger partial charge in [-0.15, -0.1) is 0 Å². The molecule has 0 amide bonds. The number of hydrogen-bond acceptors (Lipinski definition) is 5. The summed E-state index contributed by atoms with van der Waals surface area (Å²) in [5.41, 5.74) is 2.21. The second-order valence-electron chi connectivity index (χ2n) is 5.41. The Kier molecular flexibility index (Phi) is 10.1. The number of aliphatic hydroxyl groups excluding tert-OH is 1. The highest BCUT2D eigenvalue weighted by Gasteiger charge is 2.30. The van der Waals surface area contributed by atoms with Gasteiger partial charge < -0.3 is 9.94 Å². The fourth-order valence-corrected chi connectivity index (χ4v) is 3.34. The third-order valence-electron chi connectivity index (χ3n) is 3.69. The second kappa shape index (κ2) is 11.6. The number of rotatable bonds is 10. The summed E-state index contributed by atoms with van der Waals surface area (Å²) >= 11 is 7.32. The Morgan fingerprint density at radius 3 is 2.87 bits per heavy atom. The SMILES string of the molecule is CCSCCCC1CC(=O)C(C(CC)=NOCC=CCl)=C(O)C1. The van der Waals surface area contributed by atoms with Crippen molar-refractivity contribution in [1.82, 2.24) is 0 Å². The van der Waals surface area contributed by atoms with E-state index in [9.17, 15) is 9.90 Å². The van der Waals surface area contributed by atoms with Gasteiger partial charge in [0.15, 0.2) is 5.78 Å². The molecule has 0 bridgehead atoms. The number of allylic oxidation sites excluding steroid dienone is 2. The summed E-state index contributed by atoms with van der Waals surface area (Å²) in [6, 6.07) is 0. The fourth-order valence-electron chi connectivity index (χ4n) is 2.60. The van der Waals surface area contributed by atoms with Crippen molar-refractivity contribution in [2.45, 2.75) is 46.0 Å². The van der Waals surface area contributed by atoms with Gasteiger partial charge in [-0.1, -0.05) is 30.6 Å². The molecule has 130 valence electrons. The lowest BCUT2D eigenvalue weighted by Crippen LogP contribution is -2.24. The van der Waals surface area contributed by atoms with E-state index in [0.717, 1.165) is 24.3 Å². The summed E-state index contributed by atoms with van der Waals surface area (Å²) in [7, 11) is 0. The van der Waals surface area contributed by atoms with E-state index < -0.39 is 0 Å². The summed E-state index contributed by atoms with van der Waals surface area (Å²) in [6.07, 6.45) is 5.25. The lowest BCUT2D eigenvalue weighted by Gasteiger charge is -2.23. The van der Waals surface area contributed by atoms with Crippen LogP contribution in [0.25, 0.3) is 0 Å². The molecule has 0 aromatic rings. The molecular formula is C17H26ClNO3S. The first kappa shape index (κ1) is 20.1. The fraction of sp³-hybridized carbons (Fsp3) is 0.647. The summed E-state index contributed by atoms with van der Waals surface area (Å²) in [5.74, 6) is 2.60. The van der Waals surface area contributed by atoms with Crippen LogP contribution in [0, 0.1) is 5.92 Å². The summed E-state index contributed by atoms with van der Waals surface area (Å²) in [5, 5.41) is 14.3. The highest BCUT2D eigenvalue weighted by molar-refractivity contribution is 7.99. The van der Waals surface area contributed by atoms with E-state index >= 15 is 0 Å². The Morgan fingerprint density at radius 1 is 1.48 bits per heavy atom. The van der Waals surface area contributed by atoms with Crippen LogP contribution in [0.2, 0.25) is 0 Å². The van der Waals surface area contributed by atoms with Crippen molar-refractivity contribution in [3.63, 3.8) is 0 Å². The third kappa shape index (κ3) is 7.00. The Balaban J connectivity index is 2.68. The van der Waals surface area contributed by atoms with E-state index in [0.29, 0.717) is 30.5 Å². The van der Waals surface area contributed by atoms with Crippen LogP contribution in [0.5, 0.6) is 0 Å². The zero-order chi connectivity index (χ0) is 17.1. The van der Waals surface area contributed by atoms with E-state index in [1.807, 2.05) is 18.7 Å². The normalized spacial score (nSPS) is 19.7. The number of carbonyl (C=O) groups excluding carboxylic acids is 1. The molecule has 1 atom stereocenters. The van der Waals surface area contributed by atoms with Crippen LogP contribution in [0.4, 0.5) is 0 Å². The lowest BCUT2D eigenvalue weighted by molar-refractivity contribution is -0.116. The van der Waals surface area contributed by atoms with Gasteiger partial charge >= 0.3 is 0 Å². The number of aliphatic hydroxyl groups is 1. The molecule has 4 nitrogen and oxygen atoms in total. The standard InChI is InChI=1S/C17H26ClNO3S/c1-3-14(19-22-9-6-8-18)17-15(20)11-13(12-16(17)21)7-5-10-23-4-2/h6,8,13,20H,3-5,7,9-12H2,1-2H3. The van der Waals surface area contributed by atoms with Crippen molar-refractivity contribution in [2.24, 2.45) is 11.1 Å². The Morgan fingerprint density at radius 2 is 2.26 bits per heavy atom. The van der Waals surface area contributed by atoms with Crippen LogP contribution in [0.15, 0.2) is 28.1 Å². The smallest absolute Gasteiger partial charge is 0.168 e. The second-order valence-corrected chi connectivity index (χ2v) is 7.05. The molecule has 0 aliphatic heterocycles. The van der Waals surface area contributed by atoms with Crippen LogP contribution >= 0.6 is 23.4 Å². The minimum Gasteiger partial charge on any atom is -0.511 e. The Bertz CT molecular complexity index is 474. The van der Waals surface area contributed by atoms with Crippen molar-refractivity contribution in [3.05, 3.63) is 22.9 Å². The molecule has 0 saturated carbocycles. The number of carbonyl (C=O) groups is 1. The summed E-state index contributed by atoms with van der Waals surface area (Å²) < 4.78 is 0. The van der Waals surface area contributed by atoms with Gasteiger partial charge in [0.2, 0.25) is 0 Å². The maximum Gasteiger partial charge on any atom is 0.168 e. The maximum atomic E-state index is 12.4. The van der Waals surface area contributed by atoms with Crippen LogP contribution in [0.1, 0.15) is 46.0 Å². The van der Waals surface area contributed by atoms with Gasteiger partial charge in [0.1, 0.15) is 12.4 Å². The molecule has 0 radical (unpaired) electrons. The molecule has 1 aliphatic rings. The number of halogens is 1. The Labute approximate surface area is 148 Å². The number of ketones is 1. The molecule has 1 N–H and O–H groups in total. The van der Waals surface area contributed by atoms with Gasteiger partial charge in [-0.25, -0.2) is 0 Å². The van der Waals surface area contributed by atoms with Gasteiger partial charge in [0, 0.05) is 18.4 Å². The van der Waals surface area contributed by atoms with Crippen molar-refractivity contribution >= 4 is 34.9 Å². The first-order valence-corrected chi connectivity index (χ1v) is 9.70. The molecular weight excluding hydrogens is 334 g/mol. The zero-order valence-corrected chi connectivity index (χ0v) is 15.5. The minimum absolute atomic E-state index is 0.0287. The van der Waals surface area contributed by atoms with E-state index in [2.05, 4.69) is 12.1 Å². The number of Topliss-reactive ketones (excluding diaryl/α,β-unsaturated/α-hetero) is 1. The summed E-state index contributed by atoms with van der Waals surface area (Å²) in [4.78, 5) is 17.5. The number of nitrogens with zero attached hydrogens (tertiary/aromatic N) is 1. The molecule has 1 aliphatic carbocycles. The molecule has 1 rings (SSSR count). The number of oxime groups is 1. The predicted molar refractivity (Wildman–Crippen MR) is 98.3 cm³/mol. The van der Waals surface area contributed by atoms with Gasteiger partial charge in [-0.05, 0) is 42.8 Å². The van der Waals surface area contributed by atoms with Crippen molar-refractivity contribution < 1.29 is 14.7 Å². The molecule has 0 fully saturated rings. The van der Waals surface area contributed by atoms with E-state index in [1.54, 1.807) is 6.08 Å². The van der Waals surface area contributed by atoms with Gasteiger partial charge in [0.05, 0.1) is 11.3 Å². The highest BCUT2D eigenvalue weighted by Crippen LogP contribution is 2.30. The largest absolute Gasteiger partial charge is 0.511 e. The minimum atomic E-state index is -0.0287. The third-order valence-corrected chi connectivity index (χ3v) is 4.85. The van der Waals surface area contributed by atoms with Crippen LogP contribution < -0.4 is 0 Å². The number of thioether (sulfide) groups is 1. The lowest BCUT2D eigenvalue weighted by atomic mass is 9.82. The monoisotopic (exact) mass is 359 g/mol. The Hall–Kier alpha value is -0.940. The summed E-state index contributed by atoms with van der Waals surface area (Å²) in [6.45, 7) is 4.28. The van der Waals surface area contributed by atoms with Crippen LogP contribution in [-0.4, -0.2) is 34.7 Å². The molecule has 0 heterocycles. The first-order valence-electron chi connectivity index (χ1n) is 8.11. The van der Waals surface area contributed by atoms with E-state index in [4.69, 9.17) is 16.4 Å². The molecule has 0 spiro atoms. The van der Waals surface area contributed by atoms with E-state index in [1.165, 1.54) is 5.54 Å². The van der Waals surface area contributed by atoms with Crippen molar-refractivity contribution in [3.8, 4) is 0 Å².